The van der Waals surface area contributed by atoms with Crippen LogP contribution in [0.5, 0.6) is 0 Å². The largest absolute Gasteiger partial charge is 0.391 e. The molecule has 0 spiro atoms. The number of carbonyl (C=O) groups is 1. The predicted octanol–water partition coefficient (Wildman–Crippen LogP) is 2.64. The Bertz CT molecular complexity index is 568. The van der Waals surface area contributed by atoms with E-state index in [1.165, 1.54) is 6.92 Å². The zero-order valence-electron chi connectivity index (χ0n) is 19.8. The molecule has 0 aliphatic rings. The van der Waals surface area contributed by atoms with E-state index in [0.717, 1.165) is 0 Å². The zero-order valence-corrected chi connectivity index (χ0v) is 23.8. The van der Waals surface area contributed by atoms with Gasteiger partial charge >= 0.3 is 0 Å². The van der Waals surface area contributed by atoms with Crippen molar-refractivity contribution in [3.8, 4) is 0 Å². The normalized spacial score (nSPS) is 22.4. The van der Waals surface area contributed by atoms with Crippen molar-refractivity contribution in [2.24, 2.45) is 0 Å². The van der Waals surface area contributed by atoms with Gasteiger partial charge in [-0.2, -0.15) is 0 Å². The molecule has 27 heavy (non-hydrogen) atoms. The molecule has 0 aromatic rings. The Hall–Kier alpha value is 0.378. The highest BCUT2D eigenvalue weighted by Crippen LogP contribution is 2.51. The molecule has 0 amide bonds. The summed E-state index contributed by atoms with van der Waals surface area (Å²) in [6, 6.07) is 0. The molecule has 4 atom stereocenters. The summed E-state index contributed by atoms with van der Waals surface area (Å²) in [4.78, 5) is 13.8. The summed E-state index contributed by atoms with van der Waals surface area (Å²) in [5.74, 6) is 0. The Morgan fingerprint density at radius 2 is 1.04 bits per heavy atom. The Morgan fingerprint density at radius 1 is 0.704 bits per heavy atom. The van der Waals surface area contributed by atoms with E-state index in [9.17, 15) is 25.2 Å². The number of hydrogen-bond donors (Lipinski definition) is 4. The summed E-state index contributed by atoms with van der Waals surface area (Å²) in [5.41, 5.74) is 0. The SMILES string of the molecule is C[C@H](O)[C@@](O)([C@@](O)([C@](O)(C(=O)[Si](C)(C)C)[Si](C)(C)C)[Si](C)(C)C)[Si](C)(C)C. The van der Waals surface area contributed by atoms with Crippen LogP contribution in [0.25, 0.3) is 0 Å². The highest BCUT2D eigenvalue weighted by Gasteiger charge is 2.77. The topological polar surface area (TPSA) is 98.0 Å². The van der Waals surface area contributed by atoms with Gasteiger partial charge in [0.15, 0.2) is 0 Å². The van der Waals surface area contributed by atoms with Crippen LogP contribution in [-0.4, -0.2) is 79.9 Å². The molecule has 162 valence electrons. The van der Waals surface area contributed by atoms with Gasteiger partial charge in [-0.25, -0.2) is 0 Å². The monoisotopic (exact) mass is 452 g/mol. The van der Waals surface area contributed by atoms with Gasteiger partial charge in [0, 0.05) is 0 Å². The lowest BCUT2D eigenvalue weighted by molar-refractivity contribution is -0.183. The van der Waals surface area contributed by atoms with Crippen molar-refractivity contribution in [1.82, 2.24) is 0 Å². The smallest absolute Gasteiger partial charge is 0.141 e. The van der Waals surface area contributed by atoms with E-state index in [2.05, 4.69) is 0 Å². The molecule has 0 aliphatic heterocycles. The third-order valence-electron chi connectivity index (χ3n) is 6.00. The molecular weight excluding hydrogens is 409 g/mol. The van der Waals surface area contributed by atoms with Gasteiger partial charge in [-0.1, -0.05) is 78.6 Å². The maximum atomic E-state index is 13.8. The molecule has 0 aromatic carbocycles. The summed E-state index contributed by atoms with van der Waals surface area (Å²) >= 11 is 0. The van der Waals surface area contributed by atoms with Gasteiger partial charge in [0.1, 0.15) is 29.2 Å². The Labute approximate surface area is 170 Å². The number of hydrogen-bond acceptors (Lipinski definition) is 5. The molecule has 0 heterocycles. The van der Waals surface area contributed by atoms with E-state index in [-0.39, 0.29) is 5.41 Å². The number of rotatable bonds is 8. The average Bonchev–Trinajstić information content (AvgIpc) is 2.38. The van der Waals surface area contributed by atoms with Crippen LogP contribution in [-0.2, 0) is 4.79 Å². The zero-order chi connectivity index (χ0) is 22.7. The van der Waals surface area contributed by atoms with Crippen molar-refractivity contribution < 1.29 is 25.2 Å². The summed E-state index contributed by atoms with van der Waals surface area (Å²) < 4.78 is 0. The fraction of sp³-hybridized carbons (Fsp3) is 0.944. The van der Waals surface area contributed by atoms with Crippen LogP contribution in [0.1, 0.15) is 6.92 Å². The average molecular weight is 453 g/mol. The van der Waals surface area contributed by atoms with E-state index >= 15 is 0 Å². The summed E-state index contributed by atoms with van der Waals surface area (Å²) in [6.07, 6.45) is -1.28. The third-order valence-corrected chi connectivity index (χ3v) is 17.2. The van der Waals surface area contributed by atoms with Crippen LogP contribution in [0.3, 0.4) is 0 Å². The summed E-state index contributed by atoms with van der Waals surface area (Å²) in [6.45, 7) is 23.8. The minimum absolute atomic E-state index is 0.323. The maximum Gasteiger partial charge on any atom is 0.141 e. The number of aliphatic hydroxyl groups is 4. The van der Waals surface area contributed by atoms with Gasteiger partial charge in [-0.3, -0.25) is 0 Å². The number of aliphatic hydroxyl groups excluding tert-OH is 1. The second kappa shape index (κ2) is 7.26. The standard InChI is InChI=1S/C18H44O5Si4/c1-14(19)16(21,25(5,6)7)18(23,27(11,12)13)17(22,26(8,9)10)15(20)24(2,3)4/h14,19,21-23H,1-13H3/t14-,16-,17-,18-/m0/s1. The van der Waals surface area contributed by atoms with Crippen molar-refractivity contribution in [2.75, 3.05) is 0 Å². The minimum atomic E-state index is -2.84. The lowest BCUT2D eigenvalue weighted by Crippen LogP contribution is -2.92. The van der Waals surface area contributed by atoms with Crippen molar-refractivity contribution in [3.05, 3.63) is 0 Å². The van der Waals surface area contributed by atoms with Gasteiger partial charge < -0.3 is 25.2 Å². The first-order valence-corrected chi connectivity index (χ1v) is 23.7. The van der Waals surface area contributed by atoms with E-state index in [1.807, 2.05) is 78.6 Å². The van der Waals surface area contributed by atoms with Crippen LogP contribution in [0.4, 0.5) is 0 Å². The lowest BCUT2D eigenvalue weighted by atomic mass is 10.0. The summed E-state index contributed by atoms with van der Waals surface area (Å²) in [5, 5.41) is 41.1. The molecular formula is C18H44O5Si4. The second-order valence-corrected chi connectivity index (χ2v) is 32.9. The molecule has 0 rings (SSSR count). The third kappa shape index (κ3) is 3.90. The molecule has 0 fully saturated rings. The minimum Gasteiger partial charge on any atom is -0.391 e. The molecule has 0 saturated heterocycles. The van der Waals surface area contributed by atoms with Crippen molar-refractivity contribution in [1.29, 1.82) is 0 Å². The summed E-state index contributed by atoms with van der Waals surface area (Å²) in [7, 11) is -10.9. The number of carbonyl (C=O) groups excluding carboxylic acids is 1. The first kappa shape index (κ1) is 27.4. The Balaban J connectivity index is 7.62. The Kier molecular flexibility index (Phi) is 7.36. The van der Waals surface area contributed by atoms with E-state index in [1.54, 1.807) is 0 Å². The van der Waals surface area contributed by atoms with Crippen molar-refractivity contribution in [2.45, 2.75) is 107 Å². The van der Waals surface area contributed by atoms with Crippen LogP contribution in [0, 0.1) is 0 Å². The molecule has 9 heteroatoms. The highest BCUT2D eigenvalue weighted by atomic mass is 28.3. The molecule has 0 radical (unpaired) electrons. The van der Waals surface area contributed by atoms with Gasteiger partial charge in [0.25, 0.3) is 0 Å². The molecule has 0 aliphatic carbocycles. The molecule has 0 bridgehead atoms. The first-order valence-electron chi connectivity index (χ1n) is 9.75. The fourth-order valence-electron chi connectivity index (χ4n) is 4.45. The quantitative estimate of drug-likeness (QED) is 0.424. The molecule has 0 saturated carbocycles. The van der Waals surface area contributed by atoms with Gasteiger partial charge in [0.2, 0.25) is 0 Å². The van der Waals surface area contributed by atoms with E-state index in [4.69, 9.17) is 0 Å². The fourth-order valence-corrected chi connectivity index (χ4v) is 19.7. The van der Waals surface area contributed by atoms with Crippen molar-refractivity contribution in [3.63, 3.8) is 0 Å². The van der Waals surface area contributed by atoms with Crippen LogP contribution >= 0.6 is 0 Å². The van der Waals surface area contributed by atoms with Crippen LogP contribution in [0.15, 0.2) is 0 Å². The first-order chi connectivity index (χ1) is 11.3. The molecule has 4 N–H and O–H groups in total. The molecule has 5 nitrogen and oxygen atoms in total. The van der Waals surface area contributed by atoms with Crippen LogP contribution in [0.2, 0.25) is 78.6 Å². The van der Waals surface area contributed by atoms with Crippen molar-refractivity contribution >= 4 is 37.7 Å². The lowest BCUT2D eigenvalue weighted by Gasteiger charge is -2.65. The van der Waals surface area contributed by atoms with Crippen LogP contribution < -0.4 is 0 Å². The maximum absolute atomic E-state index is 13.8. The highest BCUT2D eigenvalue weighted by molar-refractivity contribution is 7.09. The van der Waals surface area contributed by atoms with Gasteiger partial charge in [0.05, 0.1) is 30.3 Å². The van der Waals surface area contributed by atoms with Gasteiger partial charge in [-0.15, -0.1) is 0 Å². The van der Waals surface area contributed by atoms with E-state index < -0.39 is 54.1 Å². The Morgan fingerprint density at radius 3 is 1.19 bits per heavy atom. The molecule has 0 unspecified atom stereocenters. The van der Waals surface area contributed by atoms with Gasteiger partial charge in [-0.05, 0) is 6.92 Å². The second-order valence-electron chi connectivity index (χ2n) is 12.2. The predicted molar refractivity (Wildman–Crippen MR) is 125 cm³/mol. The molecule has 0 aromatic heterocycles. The van der Waals surface area contributed by atoms with E-state index in [0.29, 0.717) is 0 Å².